The summed E-state index contributed by atoms with van der Waals surface area (Å²) in [7, 11) is -0.732. The summed E-state index contributed by atoms with van der Waals surface area (Å²) in [5.74, 6) is 1.05. The Morgan fingerprint density at radius 1 is 1.43 bits per heavy atom. The first kappa shape index (κ1) is 15.0. The van der Waals surface area contributed by atoms with Gasteiger partial charge in [0, 0.05) is 40.3 Å². The van der Waals surface area contributed by atoms with E-state index in [0.29, 0.717) is 6.04 Å². The monoisotopic (exact) mass is 307 g/mol. The molecule has 1 aromatic carbocycles. The summed E-state index contributed by atoms with van der Waals surface area (Å²) in [4.78, 5) is 0. The molecule has 1 saturated carbocycles. The molecule has 0 unspecified atom stereocenters. The standard InChI is InChI=1S/C17H25NO2S/c1-13(21(2)19)8-11-18-15-12-17(9-5-10-17)20-16-7-4-3-6-14(15)16/h3-4,6-7,13,15,18H,5,8-12H2,1-2H3/t13-,15-,21-/m0/s1. The van der Waals surface area contributed by atoms with Crippen LogP contribution in [0.2, 0.25) is 0 Å². The predicted octanol–water partition coefficient (Wildman–Crippen LogP) is 3.18. The van der Waals surface area contributed by atoms with Crippen molar-refractivity contribution in [3.8, 4) is 5.75 Å². The second kappa shape index (κ2) is 6.09. The Morgan fingerprint density at radius 3 is 2.86 bits per heavy atom. The largest absolute Gasteiger partial charge is 0.487 e. The number of ether oxygens (including phenoxy) is 1. The number of hydrogen-bond acceptors (Lipinski definition) is 3. The van der Waals surface area contributed by atoms with Crippen molar-refractivity contribution in [2.45, 2.75) is 55.9 Å². The van der Waals surface area contributed by atoms with Crippen molar-refractivity contribution >= 4 is 10.8 Å². The molecule has 0 aromatic heterocycles. The molecule has 3 nitrogen and oxygen atoms in total. The van der Waals surface area contributed by atoms with E-state index in [1.807, 2.05) is 0 Å². The van der Waals surface area contributed by atoms with E-state index in [-0.39, 0.29) is 10.9 Å². The van der Waals surface area contributed by atoms with Gasteiger partial charge in [0.05, 0.1) is 0 Å². The fraction of sp³-hybridized carbons (Fsp3) is 0.647. The summed E-state index contributed by atoms with van der Waals surface area (Å²) in [6, 6.07) is 8.76. The second-order valence-corrected chi connectivity index (χ2v) is 8.29. The molecular formula is C17H25NO2S. The van der Waals surface area contributed by atoms with Crippen molar-refractivity contribution in [3.63, 3.8) is 0 Å². The van der Waals surface area contributed by atoms with Crippen molar-refractivity contribution in [3.05, 3.63) is 29.8 Å². The molecule has 1 spiro atoms. The van der Waals surface area contributed by atoms with Crippen molar-refractivity contribution in [2.24, 2.45) is 0 Å². The molecule has 4 heteroatoms. The van der Waals surface area contributed by atoms with E-state index in [9.17, 15) is 4.21 Å². The van der Waals surface area contributed by atoms with Crippen molar-refractivity contribution < 1.29 is 8.95 Å². The third-order valence-electron chi connectivity index (χ3n) is 4.97. The highest BCUT2D eigenvalue weighted by atomic mass is 32.2. The van der Waals surface area contributed by atoms with Crippen LogP contribution in [0.5, 0.6) is 5.75 Å². The van der Waals surface area contributed by atoms with Crippen LogP contribution in [0.25, 0.3) is 0 Å². The van der Waals surface area contributed by atoms with Crippen LogP contribution in [0.4, 0.5) is 0 Å². The van der Waals surface area contributed by atoms with Crippen LogP contribution >= 0.6 is 0 Å². The molecule has 0 bridgehead atoms. The highest BCUT2D eigenvalue weighted by Crippen LogP contribution is 2.48. The van der Waals surface area contributed by atoms with Gasteiger partial charge in [-0.3, -0.25) is 4.21 Å². The fourth-order valence-electron chi connectivity index (χ4n) is 3.30. The third-order valence-corrected chi connectivity index (χ3v) is 6.34. The van der Waals surface area contributed by atoms with Crippen LogP contribution in [-0.2, 0) is 10.8 Å². The molecular weight excluding hydrogens is 282 g/mol. The van der Waals surface area contributed by atoms with Gasteiger partial charge in [-0.1, -0.05) is 25.1 Å². The molecule has 0 radical (unpaired) electrons. The van der Waals surface area contributed by atoms with E-state index in [0.717, 1.165) is 25.1 Å². The molecule has 1 aromatic rings. The van der Waals surface area contributed by atoms with Crippen molar-refractivity contribution in [1.82, 2.24) is 5.32 Å². The van der Waals surface area contributed by atoms with Gasteiger partial charge in [0.1, 0.15) is 11.4 Å². The van der Waals surface area contributed by atoms with Gasteiger partial charge >= 0.3 is 0 Å². The molecule has 0 saturated heterocycles. The Morgan fingerprint density at radius 2 is 2.19 bits per heavy atom. The molecule has 3 atom stereocenters. The number of fused-ring (bicyclic) bond motifs is 1. The van der Waals surface area contributed by atoms with E-state index < -0.39 is 10.8 Å². The minimum atomic E-state index is -0.732. The summed E-state index contributed by atoms with van der Waals surface area (Å²) in [5, 5.41) is 3.93. The zero-order valence-electron chi connectivity index (χ0n) is 12.9. The first-order chi connectivity index (χ1) is 10.1. The van der Waals surface area contributed by atoms with Gasteiger partial charge in [0.2, 0.25) is 0 Å². The summed E-state index contributed by atoms with van der Waals surface area (Å²) in [6.45, 7) is 2.97. The Balaban J connectivity index is 1.67. The Hall–Kier alpha value is -0.870. The lowest BCUT2D eigenvalue weighted by atomic mass is 9.73. The summed E-state index contributed by atoms with van der Waals surface area (Å²) < 4.78 is 17.7. The molecule has 1 fully saturated rings. The number of benzene rings is 1. The van der Waals surface area contributed by atoms with Crippen molar-refractivity contribution in [2.75, 3.05) is 12.8 Å². The average Bonchev–Trinajstić information content (AvgIpc) is 2.45. The fourth-order valence-corrected chi connectivity index (χ4v) is 3.75. The summed E-state index contributed by atoms with van der Waals surface area (Å²) in [6.07, 6.45) is 7.44. The molecule has 0 amide bonds. The maximum atomic E-state index is 11.4. The van der Waals surface area contributed by atoms with Crippen LogP contribution in [0.15, 0.2) is 24.3 Å². The number of hydrogen-bond donors (Lipinski definition) is 1. The topological polar surface area (TPSA) is 38.3 Å². The van der Waals surface area contributed by atoms with Crippen LogP contribution in [0.1, 0.15) is 50.6 Å². The Bertz CT molecular complexity index is 527. The normalized spacial score (nSPS) is 25.5. The molecule has 116 valence electrons. The second-order valence-electron chi connectivity index (χ2n) is 6.49. The zero-order chi connectivity index (χ0) is 14.9. The molecule has 3 rings (SSSR count). The van der Waals surface area contributed by atoms with Gasteiger partial charge in [-0.15, -0.1) is 0 Å². The maximum absolute atomic E-state index is 11.4. The lowest BCUT2D eigenvalue weighted by Gasteiger charge is -2.48. The predicted molar refractivity (Wildman–Crippen MR) is 87.2 cm³/mol. The zero-order valence-corrected chi connectivity index (χ0v) is 13.7. The van der Waals surface area contributed by atoms with Crippen LogP contribution in [0, 0.1) is 0 Å². The van der Waals surface area contributed by atoms with Gasteiger partial charge in [0.15, 0.2) is 0 Å². The van der Waals surface area contributed by atoms with E-state index >= 15 is 0 Å². The quantitative estimate of drug-likeness (QED) is 0.908. The van der Waals surface area contributed by atoms with Crippen LogP contribution in [0.3, 0.4) is 0 Å². The smallest absolute Gasteiger partial charge is 0.124 e. The van der Waals surface area contributed by atoms with Gasteiger partial charge in [-0.25, -0.2) is 0 Å². The molecule has 1 aliphatic carbocycles. The van der Waals surface area contributed by atoms with E-state index in [1.54, 1.807) is 6.26 Å². The molecule has 1 N–H and O–H groups in total. The lowest BCUT2D eigenvalue weighted by Crippen LogP contribution is -2.49. The lowest BCUT2D eigenvalue weighted by molar-refractivity contribution is -0.0368. The SMILES string of the molecule is C[C@@H](CCN[C@H]1CC2(CCC2)Oc2ccccc21)[S@](C)=O. The number of nitrogens with one attached hydrogen (secondary N) is 1. The van der Waals surface area contributed by atoms with Crippen LogP contribution in [-0.4, -0.2) is 27.9 Å². The minimum absolute atomic E-state index is 0.0746. The minimum Gasteiger partial charge on any atom is -0.487 e. The van der Waals surface area contributed by atoms with E-state index in [1.165, 1.54) is 24.8 Å². The molecule has 21 heavy (non-hydrogen) atoms. The summed E-state index contributed by atoms with van der Waals surface area (Å²) in [5.41, 5.74) is 1.35. The molecule has 2 aliphatic rings. The number of para-hydroxylation sites is 1. The summed E-state index contributed by atoms with van der Waals surface area (Å²) >= 11 is 0. The van der Waals surface area contributed by atoms with Crippen molar-refractivity contribution in [1.29, 1.82) is 0 Å². The van der Waals surface area contributed by atoms with E-state index in [4.69, 9.17) is 4.74 Å². The molecule has 1 aliphatic heterocycles. The van der Waals surface area contributed by atoms with Gasteiger partial charge in [-0.05, 0) is 38.3 Å². The van der Waals surface area contributed by atoms with Gasteiger partial charge in [0.25, 0.3) is 0 Å². The first-order valence-electron chi connectivity index (χ1n) is 7.93. The maximum Gasteiger partial charge on any atom is 0.124 e. The average molecular weight is 307 g/mol. The third kappa shape index (κ3) is 3.16. The van der Waals surface area contributed by atoms with Gasteiger partial charge in [-0.2, -0.15) is 0 Å². The molecule has 1 heterocycles. The number of rotatable bonds is 5. The Labute approximate surface area is 129 Å². The van der Waals surface area contributed by atoms with Gasteiger partial charge < -0.3 is 10.1 Å². The highest BCUT2D eigenvalue weighted by Gasteiger charge is 2.45. The highest BCUT2D eigenvalue weighted by molar-refractivity contribution is 7.84. The first-order valence-corrected chi connectivity index (χ1v) is 9.55. The van der Waals surface area contributed by atoms with Crippen LogP contribution < -0.4 is 10.1 Å². The van der Waals surface area contributed by atoms with E-state index in [2.05, 4.69) is 36.5 Å². The Kier molecular flexibility index (Phi) is 4.36.